The van der Waals surface area contributed by atoms with Crippen molar-refractivity contribution >= 4 is 5.91 Å². The minimum atomic E-state index is 0.00137. The van der Waals surface area contributed by atoms with Crippen molar-refractivity contribution in [3.8, 4) is 11.8 Å². The minimum Gasteiger partial charge on any atom is -0.493 e. The fraction of sp³-hybridized carbons (Fsp3) is 0.529. The van der Waals surface area contributed by atoms with Gasteiger partial charge in [-0.05, 0) is 30.0 Å². The maximum absolute atomic E-state index is 11.8. The van der Waals surface area contributed by atoms with Crippen molar-refractivity contribution < 1.29 is 9.53 Å². The summed E-state index contributed by atoms with van der Waals surface area (Å²) in [6.07, 6.45) is 1.80. The van der Waals surface area contributed by atoms with Gasteiger partial charge in [0.1, 0.15) is 5.75 Å². The Bertz CT molecular complexity index is 477. The van der Waals surface area contributed by atoms with Gasteiger partial charge in [-0.3, -0.25) is 4.79 Å². The van der Waals surface area contributed by atoms with Crippen LogP contribution in [0.1, 0.15) is 44.6 Å². The lowest BCUT2D eigenvalue weighted by Gasteiger charge is -2.15. The van der Waals surface area contributed by atoms with Crippen LogP contribution < -0.4 is 4.74 Å². The molecule has 0 aliphatic rings. The molecule has 1 amide bonds. The number of hydrogen-bond acceptors (Lipinski definition) is 3. The maximum Gasteiger partial charge on any atom is 0.225 e. The first-order valence-corrected chi connectivity index (χ1v) is 7.42. The smallest absolute Gasteiger partial charge is 0.225 e. The molecule has 0 saturated carbocycles. The molecule has 0 aliphatic heterocycles. The molecule has 0 saturated heterocycles. The molecular formula is C17H24N2O2. The fourth-order valence-corrected chi connectivity index (χ4v) is 1.92. The van der Waals surface area contributed by atoms with Crippen LogP contribution in [-0.4, -0.2) is 31.0 Å². The van der Waals surface area contributed by atoms with E-state index in [0.717, 1.165) is 12.2 Å². The Balaban J connectivity index is 2.35. The molecule has 1 rings (SSSR count). The van der Waals surface area contributed by atoms with Gasteiger partial charge in [-0.15, -0.1) is 0 Å². The van der Waals surface area contributed by atoms with Gasteiger partial charge in [-0.2, -0.15) is 5.26 Å². The van der Waals surface area contributed by atoms with E-state index in [9.17, 15) is 4.79 Å². The van der Waals surface area contributed by atoms with E-state index in [4.69, 9.17) is 10.00 Å². The zero-order valence-corrected chi connectivity index (χ0v) is 13.1. The maximum atomic E-state index is 11.8. The number of benzene rings is 1. The van der Waals surface area contributed by atoms with E-state index in [-0.39, 0.29) is 5.91 Å². The van der Waals surface area contributed by atoms with Gasteiger partial charge >= 0.3 is 0 Å². The van der Waals surface area contributed by atoms with Crippen LogP contribution in [0.2, 0.25) is 0 Å². The molecule has 0 heterocycles. The number of carbonyl (C=O) groups excluding carboxylic acids is 1. The van der Waals surface area contributed by atoms with Crippen molar-refractivity contribution in [2.24, 2.45) is 0 Å². The normalized spacial score (nSPS) is 11.5. The summed E-state index contributed by atoms with van der Waals surface area (Å²) in [7, 11) is 1.71. The molecule has 0 bridgehead atoms. The second-order valence-corrected chi connectivity index (χ2v) is 5.20. The molecule has 4 heteroatoms. The average Bonchev–Trinajstić information content (AvgIpc) is 2.52. The van der Waals surface area contributed by atoms with Crippen LogP contribution in [0.4, 0.5) is 0 Å². The molecule has 0 aromatic heterocycles. The summed E-state index contributed by atoms with van der Waals surface area (Å²) in [5.74, 6) is 1.34. The van der Waals surface area contributed by atoms with Crippen LogP contribution in [0.25, 0.3) is 0 Å². The Morgan fingerprint density at radius 1 is 1.38 bits per heavy atom. The highest BCUT2D eigenvalue weighted by Gasteiger charge is 2.08. The van der Waals surface area contributed by atoms with E-state index in [2.05, 4.69) is 26.0 Å². The van der Waals surface area contributed by atoms with Crippen molar-refractivity contribution in [2.45, 2.75) is 39.0 Å². The Kier molecular flexibility index (Phi) is 7.31. The van der Waals surface area contributed by atoms with E-state index >= 15 is 0 Å². The van der Waals surface area contributed by atoms with Gasteiger partial charge in [0.2, 0.25) is 5.91 Å². The molecule has 4 nitrogen and oxygen atoms in total. The van der Waals surface area contributed by atoms with Gasteiger partial charge in [0.15, 0.2) is 0 Å². The molecular weight excluding hydrogens is 264 g/mol. The van der Waals surface area contributed by atoms with Gasteiger partial charge in [0, 0.05) is 13.6 Å². The second kappa shape index (κ2) is 9.02. The lowest BCUT2D eigenvalue weighted by Crippen LogP contribution is -2.28. The van der Waals surface area contributed by atoms with E-state index < -0.39 is 0 Å². The van der Waals surface area contributed by atoms with Crippen LogP contribution in [0, 0.1) is 11.3 Å². The number of nitriles is 1. The SMILES string of the molecule is CCC(C)c1ccc(OCCC(=O)N(C)CCC#N)cc1. The Morgan fingerprint density at radius 3 is 2.62 bits per heavy atom. The predicted octanol–water partition coefficient (Wildman–Crippen LogP) is 3.34. The number of carbonyl (C=O) groups is 1. The molecule has 0 fully saturated rings. The Morgan fingerprint density at radius 2 is 2.05 bits per heavy atom. The molecule has 114 valence electrons. The highest BCUT2D eigenvalue weighted by Crippen LogP contribution is 2.21. The van der Waals surface area contributed by atoms with Crippen LogP contribution in [0.5, 0.6) is 5.75 Å². The third-order valence-corrected chi connectivity index (χ3v) is 3.63. The van der Waals surface area contributed by atoms with E-state index in [0.29, 0.717) is 31.9 Å². The highest BCUT2D eigenvalue weighted by molar-refractivity contribution is 5.75. The topological polar surface area (TPSA) is 53.3 Å². The standard InChI is InChI=1S/C17H24N2O2/c1-4-14(2)15-6-8-16(9-7-15)21-13-10-17(20)19(3)12-5-11-18/h6-9,14H,4-5,10,12-13H2,1-3H3. The quantitative estimate of drug-likeness (QED) is 0.737. The van der Waals surface area contributed by atoms with Gasteiger partial charge in [0.05, 0.1) is 25.5 Å². The van der Waals surface area contributed by atoms with Crippen LogP contribution in [-0.2, 0) is 4.79 Å². The second-order valence-electron chi connectivity index (χ2n) is 5.20. The zero-order chi connectivity index (χ0) is 15.7. The summed E-state index contributed by atoms with van der Waals surface area (Å²) in [6, 6.07) is 10.1. The lowest BCUT2D eigenvalue weighted by molar-refractivity contribution is -0.130. The van der Waals surface area contributed by atoms with Crippen molar-refractivity contribution in [1.29, 1.82) is 5.26 Å². The molecule has 1 unspecified atom stereocenters. The van der Waals surface area contributed by atoms with Gasteiger partial charge in [-0.25, -0.2) is 0 Å². The number of hydrogen-bond donors (Lipinski definition) is 0. The van der Waals surface area contributed by atoms with Crippen LogP contribution in [0.15, 0.2) is 24.3 Å². The molecule has 21 heavy (non-hydrogen) atoms. The molecule has 1 aromatic carbocycles. The van der Waals surface area contributed by atoms with Gasteiger partial charge in [-0.1, -0.05) is 26.0 Å². The molecule has 0 N–H and O–H groups in total. The highest BCUT2D eigenvalue weighted by atomic mass is 16.5. The number of ether oxygens (including phenoxy) is 1. The van der Waals surface area contributed by atoms with Gasteiger partial charge < -0.3 is 9.64 Å². The Hall–Kier alpha value is -2.02. The van der Waals surface area contributed by atoms with E-state index in [1.54, 1.807) is 11.9 Å². The van der Waals surface area contributed by atoms with Gasteiger partial charge in [0.25, 0.3) is 0 Å². The summed E-state index contributed by atoms with van der Waals surface area (Å²) < 4.78 is 5.59. The summed E-state index contributed by atoms with van der Waals surface area (Å²) in [5, 5.41) is 8.49. The zero-order valence-electron chi connectivity index (χ0n) is 13.1. The number of amides is 1. The predicted molar refractivity (Wildman–Crippen MR) is 83.1 cm³/mol. The summed E-state index contributed by atoms with van der Waals surface area (Å²) in [5.41, 5.74) is 1.30. The molecule has 0 radical (unpaired) electrons. The van der Waals surface area contributed by atoms with Crippen molar-refractivity contribution in [3.63, 3.8) is 0 Å². The summed E-state index contributed by atoms with van der Waals surface area (Å²) in [6.45, 7) is 5.20. The largest absolute Gasteiger partial charge is 0.493 e. The number of nitrogens with zero attached hydrogens (tertiary/aromatic N) is 2. The first-order valence-electron chi connectivity index (χ1n) is 7.42. The van der Waals surface area contributed by atoms with Crippen LogP contribution in [0.3, 0.4) is 0 Å². The van der Waals surface area contributed by atoms with E-state index in [1.807, 2.05) is 18.2 Å². The average molecular weight is 288 g/mol. The summed E-state index contributed by atoms with van der Waals surface area (Å²) >= 11 is 0. The van der Waals surface area contributed by atoms with Crippen molar-refractivity contribution in [2.75, 3.05) is 20.2 Å². The summed E-state index contributed by atoms with van der Waals surface area (Å²) in [4.78, 5) is 13.3. The minimum absolute atomic E-state index is 0.00137. The number of rotatable bonds is 8. The first kappa shape index (κ1) is 17.0. The van der Waals surface area contributed by atoms with Crippen molar-refractivity contribution in [3.05, 3.63) is 29.8 Å². The van der Waals surface area contributed by atoms with Crippen LogP contribution >= 0.6 is 0 Å². The first-order chi connectivity index (χ1) is 10.1. The molecule has 1 atom stereocenters. The third kappa shape index (κ3) is 5.86. The molecule has 1 aromatic rings. The van der Waals surface area contributed by atoms with Crippen molar-refractivity contribution in [1.82, 2.24) is 4.90 Å². The Labute approximate surface area is 127 Å². The fourth-order valence-electron chi connectivity index (χ4n) is 1.92. The monoisotopic (exact) mass is 288 g/mol. The molecule has 0 aliphatic carbocycles. The third-order valence-electron chi connectivity index (χ3n) is 3.63. The molecule has 0 spiro atoms. The lowest BCUT2D eigenvalue weighted by atomic mass is 9.99. The van der Waals surface area contributed by atoms with E-state index in [1.165, 1.54) is 5.56 Å².